The summed E-state index contributed by atoms with van der Waals surface area (Å²) in [5.74, 6) is 0. The molecule has 2 atom stereocenters. The number of nitrogens with zero attached hydrogens (tertiary/aromatic N) is 1. The Morgan fingerprint density at radius 2 is 1.89 bits per heavy atom. The van der Waals surface area contributed by atoms with Crippen LogP contribution in [0.5, 0.6) is 0 Å². The van der Waals surface area contributed by atoms with Crippen molar-refractivity contribution in [1.82, 2.24) is 10.2 Å². The second kappa shape index (κ2) is 5.95. The van der Waals surface area contributed by atoms with Crippen LogP contribution in [-0.2, 0) is 0 Å². The molecule has 2 aliphatic rings. The molecule has 0 aromatic rings. The summed E-state index contributed by atoms with van der Waals surface area (Å²) in [5.41, 5.74) is 0.362. The normalized spacial score (nSPS) is 32.7. The zero-order valence-electron chi connectivity index (χ0n) is 13.5. The van der Waals surface area contributed by atoms with E-state index >= 15 is 0 Å². The van der Waals surface area contributed by atoms with Gasteiger partial charge >= 0.3 is 0 Å². The SMILES string of the molecule is CSC1(CN2CC(C(C)(C)C)NCC2C)CCCC1. The molecule has 0 bridgehead atoms. The van der Waals surface area contributed by atoms with E-state index in [2.05, 4.69) is 55.9 Å². The lowest BCUT2D eigenvalue weighted by Crippen LogP contribution is -2.61. The molecule has 2 rings (SSSR count). The predicted octanol–water partition coefficient (Wildman–Crippen LogP) is 3.37. The fourth-order valence-corrected chi connectivity index (χ4v) is 4.53. The average molecular weight is 285 g/mol. The Labute approximate surface area is 124 Å². The van der Waals surface area contributed by atoms with Gasteiger partial charge in [-0.25, -0.2) is 0 Å². The van der Waals surface area contributed by atoms with Crippen molar-refractivity contribution in [2.45, 2.75) is 70.2 Å². The minimum atomic E-state index is 0.362. The van der Waals surface area contributed by atoms with Crippen molar-refractivity contribution in [3.8, 4) is 0 Å². The molecule has 0 radical (unpaired) electrons. The second-order valence-corrected chi connectivity index (χ2v) is 8.97. The van der Waals surface area contributed by atoms with Gasteiger partial charge in [-0.3, -0.25) is 4.90 Å². The Bertz CT molecular complexity index is 292. The van der Waals surface area contributed by atoms with Gasteiger partial charge in [0, 0.05) is 36.5 Å². The van der Waals surface area contributed by atoms with Gasteiger partial charge in [-0.2, -0.15) is 11.8 Å². The third-order valence-electron chi connectivity index (χ3n) is 5.18. The van der Waals surface area contributed by atoms with Gasteiger partial charge in [-0.05, 0) is 31.4 Å². The number of hydrogen-bond acceptors (Lipinski definition) is 3. The predicted molar refractivity (Wildman–Crippen MR) is 87.0 cm³/mol. The monoisotopic (exact) mass is 284 g/mol. The zero-order chi connectivity index (χ0) is 14.1. The van der Waals surface area contributed by atoms with Crippen LogP contribution >= 0.6 is 11.8 Å². The first-order chi connectivity index (χ1) is 8.86. The highest BCUT2D eigenvalue weighted by atomic mass is 32.2. The van der Waals surface area contributed by atoms with E-state index in [9.17, 15) is 0 Å². The summed E-state index contributed by atoms with van der Waals surface area (Å²) < 4.78 is 0.550. The molecule has 1 N–H and O–H groups in total. The van der Waals surface area contributed by atoms with E-state index in [0.717, 1.165) is 6.54 Å². The molecule has 1 aliphatic carbocycles. The van der Waals surface area contributed by atoms with E-state index in [1.54, 1.807) is 0 Å². The molecule has 3 heteroatoms. The van der Waals surface area contributed by atoms with Crippen LogP contribution in [-0.4, -0.2) is 47.6 Å². The molecule has 1 saturated carbocycles. The first-order valence-electron chi connectivity index (χ1n) is 7.89. The second-order valence-electron chi connectivity index (χ2n) is 7.70. The standard InChI is InChI=1S/C16H32N2S/c1-13-10-17-14(15(2,3)4)11-18(13)12-16(19-5)8-6-7-9-16/h13-14,17H,6-12H2,1-5H3. The average Bonchev–Trinajstić information content (AvgIpc) is 2.80. The molecule has 2 fully saturated rings. The van der Waals surface area contributed by atoms with E-state index in [4.69, 9.17) is 0 Å². The Morgan fingerprint density at radius 1 is 1.26 bits per heavy atom. The van der Waals surface area contributed by atoms with Crippen molar-refractivity contribution in [2.75, 3.05) is 25.9 Å². The molecule has 0 spiro atoms. The van der Waals surface area contributed by atoms with Crippen molar-refractivity contribution >= 4 is 11.8 Å². The number of nitrogens with one attached hydrogen (secondary N) is 1. The minimum absolute atomic E-state index is 0.362. The van der Waals surface area contributed by atoms with Gasteiger partial charge in [0.05, 0.1) is 0 Å². The minimum Gasteiger partial charge on any atom is -0.311 e. The van der Waals surface area contributed by atoms with Crippen molar-refractivity contribution in [3.05, 3.63) is 0 Å². The maximum Gasteiger partial charge on any atom is 0.0284 e. The maximum atomic E-state index is 3.75. The Hall–Kier alpha value is 0.270. The highest BCUT2D eigenvalue weighted by Gasteiger charge is 2.39. The number of thioether (sulfide) groups is 1. The third-order valence-corrected chi connectivity index (χ3v) is 6.59. The zero-order valence-corrected chi connectivity index (χ0v) is 14.3. The van der Waals surface area contributed by atoms with Crippen molar-refractivity contribution < 1.29 is 0 Å². The van der Waals surface area contributed by atoms with E-state index < -0.39 is 0 Å². The van der Waals surface area contributed by atoms with Crippen molar-refractivity contribution in [2.24, 2.45) is 5.41 Å². The first-order valence-corrected chi connectivity index (χ1v) is 9.11. The molecule has 0 aromatic heterocycles. The van der Waals surface area contributed by atoms with Crippen LogP contribution in [0.15, 0.2) is 0 Å². The molecule has 19 heavy (non-hydrogen) atoms. The van der Waals surface area contributed by atoms with Crippen molar-refractivity contribution in [3.63, 3.8) is 0 Å². The van der Waals surface area contributed by atoms with Gasteiger partial charge in [-0.1, -0.05) is 33.6 Å². The Balaban J connectivity index is 2.01. The third kappa shape index (κ3) is 3.68. The summed E-state index contributed by atoms with van der Waals surface area (Å²) in [6.07, 6.45) is 8.03. The Kier molecular flexibility index (Phi) is 4.90. The lowest BCUT2D eigenvalue weighted by Gasteiger charge is -2.46. The fourth-order valence-electron chi connectivity index (χ4n) is 3.54. The van der Waals surface area contributed by atoms with Gasteiger partial charge in [0.25, 0.3) is 0 Å². The van der Waals surface area contributed by atoms with Crippen LogP contribution in [0.1, 0.15) is 53.4 Å². The van der Waals surface area contributed by atoms with E-state index in [0.29, 0.717) is 22.2 Å². The van der Waals surface area contributed by atoms with Crippen LogP contribution in [0.3, 0.4) is 0 Å². The molecule has 0 aromatic carbocycles. The molecule has 112 valence electrons. The molecular formula is C16H32N2S. The molecule has 1 heterocycles. The number of hydrogen-bond donors (Lipinski definition) is 1. The quantitative estimate of drug-likeness (QED) is 0.855. The van der Waals surface area contributed by atoms with Gasteiger partial charge in [0.1, 0.15) is 0 Å². The summed E-state index contributed by atoms with van der Waals surface area (Å²) in [7, 11) is 0. The van der Waals surface area contributed by atoms with Gasteiger partial charge in [0.2, 0.25) is 0 Å². The molecular weight excluding hydrogens is 252 g/mol. The largest absolute Gasteiger partial charge is 0.311 e. The van der Waals surface area contributed by atoms with Gasteiger partial charge in [0.15, 0.2) is 0 Å². The lowest BCUT2D eigenvalue weighted by molar-refractivity contribution is 0.0852. The molecule has 0 amide bonds. The maximum absolute atomic E-state index is 3.75. The molecule has 2 unspecified atom stereocenters. The highest BCUT2D eigenvalue weighted by molar-refractivity contribution is 8.00. The van der Waals surface area contributed by atoms with Crippen LogP contribution in [0.2, 0.25) is 0 Å². The summed E-state index contributed by atoms with van der Waals surface area (Å²) in [5, 5.41) is 3.75. The Morgan fingerprint density at radius 3 is 2.42 bits per heavy atom. The lowest BCUT2D eigenvalue weighted by atomic mass is 9.84. The van der Waals surface area contributed by atoms with Crippen LogP contribution < -0.4 is 5.32 Å². The first kappa shape index (κ1) is 15.7. The molecule has 1 saturated heterocycles. The van der Waals surface area contributed by atoms with Crippen LogP contribution in [0.25, 0.3) is 0 Å². The fraction of sp³-hybridized carbons (Fsp3) is 1.00. The summed E-state index contributed by atoms with van der Waals surface area (Å²) in [6, 6.07) is 1.31. The van der Waals surface area contributed by atoms with Crippen LogP contribution in [0, 0.1) is 5.41 Å². The number of rotatable bonds is 3. The van der Waals surface area contributed by atoms with Gasteiger partial charge in [-0.15, -0.1) is 0 Å². The molecule has 2 nitrogen and oxygen atoms in total. The topological polar surface area (TPSA) is 15.3 Å². The van der Waals surface area contributed by atoms with Crippen LogP contribution in [0.4, 0.5) is 0 Å². The van der Waals surface area contributed by atoms with E-state index in [-0.39, 0.29) is 0 Å². The summed E-state index contributed by atoms with van der Waals surface area (Å²) in [6.45, 7) is 13.1. The summed E-state index contributed by atoms with van der Waals surface area (Å²) >= 11 is 2.12. The van der Waals surface area contributed by atoms with E-state index in [1.807, 2.05) is 0 Å². The highest BCUT2D eigenvalue weighted by Crippen LogP contribution is 2.41. The smallest absolute Gasteiger partial charge is 0.0284 e. The molecule has 1 aliphatic heterocycles. The van der Waals surface area contributed by atoms with Gasteiger partial charge < -0.3 is 5.32 Å². The van der Waals surface area contributed by atoms with E-state index in [1.165, 1.54) is 38.8 Å². The van der Waals surface area contributed by atoms with Crippen molar-refractivity contribution in [1.29, 1.82) is 0 Å². The summed E-state index contributed by atoms with van der Waals surface area (Å²) in [4.78, 5) is 2.76. The number of piperazine rings is 1.